The number of aliphatic hydroxyl groups excluding tert-OH is 1. The van der Waals surface area contributed by atoms with Crippen LogP contribution in [0.5, 0.6) is 17.2 Å². The SMILES string of the molecule is Oc1ccc(CNCC(O)c2ccc3c(c2)OCO3)cc1. The van der Waals surface area contributed by atoms with Crippen LogP contribution in [0.2, 0.25) is 0 Å². The standard InChI is InChI=1S/C16H17NO4/c18-13-4-1-11(2-5-13)8-17-9-14(19)12-3-6-15-16(7-12)21-10-20-15/h1-7,14,17-19H,8-10H2. The molecule has 3 N–H and O–H groups in total. The van der Waals surface area contributed by atoms with Crippen LogP contribution in [0.15, 0.2) is 42.5 Å². The topological polar surface area (TPSA) is 71.0 Å². The molecule has 0 saturated heterocycles. The van der Waals surface area contributed by atoms with Gasteiger partial charge in [0.15, 0.2) is 11.5 Å². The van der Waals surface area contributed by atoms with Crippen molar-refractivity contribution in [2.45, 2.75) is 12.6 Å². The molecule has 0 amide bonds. The van der Waals surface area contributed by atoms with Gasteiger partial charge >= 0.3 is 0 Å². The van der Waals surface area contributed by atoms with Crippen molar-refractivity contribution in [3.63, 3.8) is 0 Å². The number of aromatic hydroxyl groups is 1. The molecule has 2 aromatic rings. The van der Waals surface area contributed by atoms with Gasteiger partial charge in [-0.25, -0.2) is 0 Å². The maximum absolute atomic E-state index is 10.2. The van der Waals surface area contributed by atoms with Crippen molar-refractivity contribution in [2.75, 3.05) is 13.3 Å². The normalized spacial score (nSPS) is 14.1. The number of hydrogen-bond donors (Lipinski definition) is 3. The third-order valence-corrected chi connectivity index (χ3v) is 3.38. The Kier molecular flexibility index (Phi) is 3.94. The van der Waals surface area contributed by atoms with Crippen molar-refractivity contribution >= 4 is 0 Å². The van der Waals surface area contributed by atoms with Gasteiger partial charge in [-0.05, 0) is 35.4 Å². The van der Waals surface area contributed by atoms with Gasteiger partial charge < -0.3 is 25.0 Å². The number of benzene rings is 2. The van der Waals surface area contributed by atoms with Crippen LogP contribution >= 0.6 is 0 Å². The summed E-state index contributed by atoms with van der Waals surface area (Å²) >= 11 is 0. The van der Waals surface area contributed by atoms with Gasteiger partial charge in [-0.1, -0.05) is 18.2 Å². The first kappa shape index (κ1) is 13.7. The van der Waals surface area contributed by atoms with Crippen LogP contribution in [0.4, 0.5) is 0 Å². The maximum Gasteiger partial charge on any atom is 0.231 e. The summed E-state index contributed by atoms with van der Waals surface area (Å²) in [4.78, 5) is 0. The van der Waals surface area contributed by atoms with E-state index in [-0.39, 0.29) is 12.5 Å². The van der Waals surface area contributed by atoms with Crippen LogP contribution in [0.1, 0.15) is 17.2 Å². The van der Waals surface area contributed by atoms with Gasteiger partial charge in [-0.15, -0.1) is 0 Å². The van der Waals surface area contributed by atoms with Crippen LogP contribution in [0, 0.1) is 0 Å². The van der Waals surface area contributed by atoms with Crippen LogP contribution < -0.4 is 14.8 Å². The first-order valence-corrected chi connectivity index (χ1v) is 6.78. The van der Waals surface area contributed by atoms with Crippen LogP contribution in [-0.4, -0.2) is 23.6 Å². The number of rotatable bonds is 5. The molecule has 0 saturated carbocycles. The quantitative estimate of drug-likeness (QED) is 0.784. The summed E-state index contributed by atoms with van der Waals surface area (Å²) in [6.07, 6.45) is -0.614. The highest BCUT2D eigenvalue weighted by Crippen LogP contribution is 2.34. The number of hydrogen-bond acceptors (Lipinski definition) is 5. The van der Waals surface area contributed by atoms with Gasteiger partial charge in [0.05, 0.1) is 6.10 Å². The van der Waals surface area contributed by atoms with Crippen molar-refractivity contribution in [2.24, 2.45) is 0 Å². The summed E-state index contributed by atoms with van der Waals surface area (Å²) in [5.41, 5.74) is 1.84. The fourth-order valence-corrected chi connectivity index (χ4v) is 2.21. The Morgan fingerprint density at radius 1 is 1.05 bits per heavy atom. The van der Waals surface area contributed by atoms with Gasteiger partial charge in [0.25, 0.3) is 0 Å². The fraction of sp³-hybridized carbons (Fsp3) is 0.250. The lowest BCUT2D eigenvalue weighted by Gasteiger charge is -2.13. The number of fused-ring (bicyclic) bond motifs is 1. The molecule has 0 fully saturated rings. The van der Waals surface area contributed by atoms with E-state index < -0.39 is 6.10 Å². The third-order valence-electron chi connectivity index (χ3n) is 3.38. The molecule has 0 spiro atoms. The Bertz CT molecular complexity index is 612. The molecule has 5 heteroatoms. The van der Waals surface area contributed by atoms with Crippen LogP contribution in [-0.2, 0) is 6.54 Å². The number of aliphatic hydroxyl groups is 1. The van der Waals surface area contributed by atoms with Gasteiger partial charge in [-0.3, -0.25) is 0 Å². The number of phenolic OH excluding ortho intramolecular Hbond substituents is 1. The average molecular weight is 287 g/mol. The predicted molar refractivity (Wildman–Crippen MR) is 77.3 cm³/mol. The van der Waals surface area contributed by atoms with Crippen molar-refractivity contribution < 1.29 is 19.7 Å². The first-order valence-electron chi connectivity index (χ1n) is 6.78. The molecule has 1 heterocycles. The second-order valence-electron chi connectivity index (χ2n) is 4.93. The molecular weight excluding hydrogens is 270 g/mol. The molecule has 3 rings (SSSR count). The lowest BCUT2D eigenvalue weighted by Crippen LogP contribution is -2.21. The first-order chi connectivity index (χ1) is 10.2. The molecule has 1 atom stereocenters. The summed E-state index contributed by atoms with van der Waals surface area (Å²) in [6, 6.07) is 12.4. The van der Waals surface area contributed by atoms with Crippen LogP contribution in [0.25, 0.3) is 0 Å². The van der Waals surface area contributed by atoms with E-state index in [1.807, 2.05) is 18.2 Å². The Balaban J connectivity index is 1.54. The van der Waals surface area contributed by atoms with Crippen molar-refractivity contribution in [1.82, 2.24) is 5.32 Å². The van der Waals surface area contributed by atoms with Gasteiger partial charge in [0.2, 0.25) is 6.79 Å². The zero-order chi connectivity index (χ0) is 14.7. The number of nitrogens with one attached hydrogen (secondary N) is 1. The lowest BCUT2D eigenvalue weighted by atomic mass is 10.1. The number of phenols is 1. The summed E-state index contributed by atoms with van der Waals surface area (Å²) in [5.74, 6) is 1.63. The molecule has 0 aromatic heterocycles. The van der Waals surface area contributed by atoms with Crippen molar-refractivity contribution in [3.8, 4) is 17.2 Å². The Labute approximate surface area is 122 Å². The minimum atomic E-state index is -0.614. The van der Waals surface area contributed by atoms with Crippen molar-refractivity contribution in [1.29, 1.82) is 0 Å². The molecule has 2 aromatic carbocycles. The molecule has 21 heavy (non-hydrogen) atoms. The summed E-state index contributed by atoms with van der Waals surface area (Å²) in [7, 11) is 0. The molecule has 1 aliphatic heterocycles. The smallest absolute Gasteiger partial charge is 0.231 e. The molecule has 0 bridgehead atoms. The zero-order valence-electron chi connectivity index (χ0n) is 11.5. The summed E-state index contributed by atoms with van der Waals surface area (Å²) < 4.78 is 10.5. The van der Waals surface area contributed by atoms with E-state index in [9.17, 15) is 10.2 Å². The maximum atomic E-state index is 10.2. The summed E-state index contributed by atoms with van der Waals surface area (Å²) in [5, 5.41) is 22.6. The third kappa shape index (κ3) is 3.26. The Morgan fingerprint density at radius 3 is 2.62 bits per heavy atom. The number of ether oxygens (including phenoxy) is 2. The fourth-order valence-electron chi connectivity index (χ4n) is 2.21. The van der Waals surface area contributed by atoms with E-state index >= 15 is 0 Å². The molecule has 1 unspecified atom stereocenters. The molecule has 5 nitrogen and oxygen atoms in total. The van der Waals surface area contributed by atoms with Gasteiger partial charge in [0, 0.05) is 13.1 Å². The zero-order valence-corrected chi connectivity index (χ0v) is 11.5. The molecule has 0 aliphatic carbocycles. The van der Waals surface area contributed by atoms with E-state index in [0.717, 1.165) is 11.1 Å². The predicted octanol–water partition coefficient (Wildman–Crippen LogP) is 1.94. The second kappa shape index (κ2) is 6.03. The van der Waals surface area contributed by atoms with E-state index in [1.165, 1.54) is 0 Å². The van der Waals surface area contributed by atoms with E-state index in [4.69, 9.17) is 9.47 Å². The monoisotopic (exact) mass is 287 g/mol. The summed E-state index contributed by atoms with van der Waals surface area (Å²) in [6.45, 7) is 1.29. The molecule has 110 valence electrons. The largest absolute Gasteiger partial charge is 0.508 e. The molecular formula is C16H17NO4. The van der Waals surface area contributed by atoms with Gasteiger partial charge in [0.1, 0.15) is 5.75 Å². The Hall–Kier alpha value is -2.24. The average Bonchev–Trinajstić information content (AvgIpc) is 2.96. The highest BCUT2D eigenvalue weighted by atomic mass is 16.7. The second-order valence-corrected chi connectivity index (χ2v) is 4.93. The minimum absolute atomic E-state index is 0.230. The van der Waals surface area contributed by atoms with E-state index in [2.05, 4.69) is 5.32 Å². The molecule has 1 aliphatic rings. The Morgan fingerprint density at radius 2 is 1.81 bits per heavy atom. The van der Waals surface area contributed by atoms with E-state index in [1.54, 1.807) is 24.3 Å². The van der Waals surface area contributed by atoms with Crippen molar-refractivity contribution in [3.05, 3.63) is 53.6 Å². The highest BCUT2D eigenvalue weighted by Gasteiger charge is 2.16. The highest BCUT2D eigenvalue weighted by molar-refractivity contribution is 5.45. The van der Waals surface area contributed by atoms with Gasteiger partial charge in [-0.2, -0.15) is 0 Å². The molecule has 0 radical (unpaired) electrons. The van der Waals surface area contributed by atoms with Crippen LogP contribution in [0.3, 0.4) is 0 Å². The lowest BCUT2D eigenvalue weighted by molar-refractivity contribution is 0.170. The van der Waals surface area contributed by atoms with E-state index in [0.29, 0.717) is 24.6 Å². The minimum Gasteiger partial charge on any atom is -0.508 e.